The Bertz CT molecular complexity index is 465. The van der Waals surface area contributed by atoms with Gasteiger partial charge >= 0.3 is 5.97 Å². The first-order chi connectivity index (χ1) is 9.06. The molecule has 0 aliphatic carbocycles. The molecule has 1 rings (SSSR count). The van der Waals surface area contributed by atoms with Crippen molar-refractivity contribution in [3.63, 3.8) is 0 Å². The minimum atomic E-state index is -1.17. The fourth-order valence-corrected chi connectivity index (χ4v) is 2.05. The minimum absolute atomic E-state index is 0.0837. The number of hydrogen-bond acceptors (Lipinski definition) is 5. The quantitative estimate of drug-likeness (QED) is 0.433. The third-order valence-electron chi connectivity index (χ3n) is 2.53. The second kappa shape index (κ2) is 7.63. The summed E-state index contributed by atoms with van der Waals surface area (Å²) in [5, 5.41) is 22.7. The van der Waals surface area contributed by atoms with Crippen LogP contribution in [0.4, 0.5) is 11.4 Å². The van der Waals surface area contributed by atoms with E-state index in [0.717, 1.165) is 24.7 Å². The lowest BCUT2D eigenvalue weighted by molar-refractivity contribution is -0.384. The Morgan fingerprint density at radius 3 is 2.79 bits per heavy atom. The lowest BCUT2D eigenvalue weighted by Gasteiger charge is -2.07. The molecule has 0 saturated carbocycles. The van der Waals surface area contributed by atoms with Crippen LogP contribution < -0.4 is 5.32 Å². The van der Waals surface area contributed by atoms with Gasteiger partial charge in [-0.15, -0.1) is 0 Å². The van der Waals surface area contributed by atoms with Crippen molar-refractivity contribution in [2.45, 2.75) is 12.8 Å². The summed E-state index contributed by atoms with van der Waals surface area (Å²) in [6.45, 7) is 0.633. The summed E-state index contributed by atoms with van der Waals surface area (Å²) in [5.41, 5.74) is 0.0727. The normalized spacial score (nSPS) is 10.2. The van der Waals surface area contributed by atoms with Crippen LogP contribution in [0.5, 0.6) is 0 Å². The van der Waals surface area contributed by atoms with E-state index in [4.69, 9.17) is 5.11 Å². The predicted molar refractivity (Wildman–Crippen MR) is 76.2 cm³/mol. The molecule has 1 aromatic rings. The third-order valence-corrected chi connectivity index (χ3v) is 3.23. The van der Waals surface area contributed by atoms with Gasteiger partial charge in [-0.25, -0.2) is 4.79 Å². The topological polar surface area (TPSA) is 92.5 Å². The second-order valence-corrected chi connectivity index (χ2v) is 4.91. The SMILES string of the molecule is CSCCCCNc1ccc(C(=O)O)cc1[N+](=O)[O-]. The molecule has 0 bridgehead atoms. The van der Waals surface area contributed by atoms with Crippen LogP contribution >= 0.6 is 11.8 Å². The van der Waals surface area contributed by atoms with E-state index in [1.165, 1.54) is 12.1 Å². The van der Waals surface area contributed by atoms with E-state index in [1.807, 2.05) is 6.26 Å². The van der Waals surface area contributed by atoms with Crippen molar-refractivity contribution in [2.75, 3.05) is 23.9 Å². The molecular weight excluding hydrogens is 268 g/mol. The Balaban J connectivity index is 2.71. The number of thioether (sulfide) groups is 1. The number of carbonyl (C=O) groups is 1. The maximum atomic E-state index is 10.9. The van der Waals surface area contributed by atoms with E-state index in [-0.39, 0.29) is 11.3 Å². The van der Waals surface area contributed by atoms with Crippen molar-refractivity contribution in [1.29, 1.82) is 0 Å². The molecular formula is C12H16N2O4S. The summed E-state index contributed by atoms with van der Waals surface area (Å²) < 4.78 is 0. The average Bonchev–Trinajstić information content (AvgIpc) is 2.38. The van der Waals surface area contributed by atoms with Crippen LogP contribution in [0, 0.1) is 10.1 Å². The highest BCUT2D eigenvalue weighted by Crippen LogP contribution is 2.25. The maximum absolute atomic E-state index is 10.9. The van der Waals surface area contributed by atoms with Gasteiger partial charge in [-0.2, -0.15) is 11.8 Å². The van der Waals surface area contributed by atoms with Crippen LogP contribution in [0.2, 0.25) is 0 Å². The summed E-state index contributed by atoms with van der Waals surface area (Å²) in [7, 11) is 0. The van der Waals surface area contributed by atoms with Crippen LogP contribution in [0.1, 0.15) is 23.2 Å². The number of hydrogen-bond donors (Lipinski definition) is 2. The molecule has 7 heteroatoms. The Kier molecular flexibility index (Phi) is 6.14. The number of anilines is 1. The van der Waals surface area contributed by atoms with Crippen molar-refractivity contribution in [3.8, 4) is 0 Å². The highest BCUT2D eigenvalue weighted by Gasteiger charge is 2.16. The molecule has 0 aromatic heterocycles. The number of nitro groups is 1. The molecule has 0 atom stereocenters. The van der Waals surface area contributed by atoms with E-state index in [9.17, 15) is 14.9 Å². The van der Waals surface area contributed by atoms with Gasteiger partial charge in [-0.3, -0.25) is 10.1 Å². The van der Waals surface area contributed by atoms with E-state index in [0.29, 0.717) is 12.2 Å². The van der Waals surface area contributed by atoms with Gasteiger partial charge in [-0.05, 0) is 37.0 Å². The van der Waals surface area contributed by atoms with Gasteiger partial charge in [0.15, 0.2) is 0 Å². The van der Waals surface area contributed by atoms with Gasteiger partial charge in [-0.1, -0.05) is 0 Å². The lowest BCUT2D eigenvalue weighted by Crippen LogP contribution is -2.06. The number of nitrogens with one attached hydrogen (secondary N) is 1. The Labute approximate surface area is 115 Å². The van der Waals surface area contributed by atoms with E-state index in [2.05, 4.69) is 5.32 Å². The number of benzene rings is 1. The van der Waals surface area contributed by atoms with Crippen molar-refractivity contribution in [3.05, 3.63) is 33.9 Å². The van der Waals surface area contributed by atoms with E-state index < -0.39 is 10.9 Å². The minimum Gasteiger partial charge on any atom is -0.478 e. The molecule has 0 spiro atoms. The van der Waals surface area contributed by atoms with Crippen molar-refractivity contribution in [2.24, 2.45) is 0 Å². The van der Waals surface area contributed by atoms with Crippen LogP contribution in [-0.4, -0.2) is 34.6 Å². The molecule has 0 amide bonds. The van der Waals surface area contributed by atoms with E-state index in [1.54, 1.807) is 11.8 Å². The lowest BCUT2D eigenvalue weighted by atomic mass is 10.1. The number of unbranched alkanes of at least 4 members (excludes halogenated alkanes) is 1. The fraction of sp³-hybridized carbons (Fsp3) is 0.417. The molecule has 0 saturated heterocycles. The molecule has 0 aliphatic rings. The summed E-state index contributed by atoms with van der Waals surface area (Å²) in [6, 6.07) is 3.88. The van der Waals surface area contributed by atoms with Crippen LogP contribution in [-0.2, 0) is 0 Å². The first-order valence-electron chi connectivity index (χ1n) is 5.80. The molecule has 2 N–H and O–H groups in total. The van der Waals surface area contributed by atoms with Crippen molar-refractivity contribution < 1.29 is 14.8 Å². The number of carboxylic acid groups (broad SMARTS) is 1. The van der Waals surface area contributed by atoms with Crippen LogP contribution in [0.15, 0.2) is 18.2 Å². The number of carboxylic acids is 1. The molecule has 0 heterocycles. The molecule has 19 heavy (non-hydrogen) atoms. The molecule has 0 radical (unpaired) electrons. The zero-order valence-electron chi connectivity index (χ0n) is 10.6. The summed E-state index contributed by atoms with van der Waals surface area (Å²) in [5.74, 6) is -0.114. The summed E-state index contributed by atoms with van der Waals surface area (Å²) >= 11 is 1.76. The van der Waals surface area contributed by atoms with Gasteiger partial charge in [0.05, 0.1) is 10.5 Å². The van der Waals surface area contributed by atoms with Gasteiger partial charge < -0.3 is 10.4 Å². The zero-order chi connectivity index (χ0) is 14.3. The molecule has 6 nitrogen and oxygen atoms in total. The first kappa shape index (κ1) is 15.3. The second-order valence-electron chi connectivity index (χ2n) is 3.92. The Morgan fingerprint density at radius 2 is 2.21 bits per heavy atom. The smallest absolute Gasteiger partial charge is 0.335 e. The maximum Gasteiger partial charge on any atom is 0.335 e. The van der Waals surface area contributed by atoms with Crippen molar-refractivity contribution >= 4 is 29.1 Å². The standard InChI is InChI=1S/C12H16N2O4S/c1-19-7-3-2-6-13-10-5-4-9(12(15)16)8-11(10)14(17)18/h4-5,8,13H,2-3,6-7H2,1H3,(H,15,16). The zero-order valence-corrected chi connectivity index (χ0v) is 11.4. The van der Waals surface area contributed by atoms with Crippen molar-refractivity contribution in [1.82, 2.24) is 0 Å². The van der Waals surface area contributed by atoms with Crippen LogP contribution in [0.25, 0.3) is 0 Å². The summed E-state index contributed by atoms with van der Waals surface area (Å²) in [4.78, 5) is 21.1. The number of nitrogens with zero attached hydrogens (tertiary/aromatic N) is 1. The number of nitro benzene ring substituents is 1. The van der Waals surface area contributed by atoms with Gasteiger partial charge in [0.25, 0.3) is 5.69 Å². The highest BCUT2D eigenvalue weighted by molar-refractivity contribution is 7.98. The largest absolute Gasteiger partial charge is 0.478 e. The third kappa shape index (κ3) is 4.78. The average molecular weight is 284 g/mol. The Morgan fingerprint density at radius 1 is 1.47 bits per heavy atom. The first-order valence-corrected chi connectivity index (χ1v) is 7.20. The highest BCUT2D eigenvalue weighted by atomic mass is 32.2. The van der Waals surface area contributed by atoms with E-state index >= 15 is 0 Å². The van der Waals surface area contributed by atoms with Gasteiger partial charge in [0.2, 0.25) is 0 Å². The van der Waals surface area contributed by atoms with Gasteiger partial charge in [0.1, 0.15) is 5.69 Å². The number of rotatable bonds is 8. The molecule has 104 valence electrons. The monoisotopic (exact) mass is 284 g/mol. The summed E-state index contributed by atoms with van der Waals surface area (Å²) in [6.07, 6.45) is 3.98. The molecule has 0 aliphatic heterocycles. The number of aromatic carboxylic acids is 1. The molecule has 1 aromatic carbocycles. The predicted octanol–water partition coefficient (Wildman–Crippen LogP) is 2.85. The van der Waals surface area contributed by atoms with Gasteiger partial charge in [0, 0.05) is 12.6 Å². The molecule has 0 fully saturated rings. The Hall–Kier alpha value is -1.76. The van der Waals surface area contributed by atoms with Crippen LogP contribution in [0.3, 0.4) is 0 Å². The molecule has 0 unspecified atom stereocenters. The fourth-order valence-electron chi connectivity index (χ4n) is 1.56.